The molecule has 4 heteroatoms. The van der Waals surface area contributed by atoms with Crippen molar-refractivity contribution < 1.29 is 9.59 Å². The summed E-state index contributed by atoms with van der Waals surface area (Å²) in [6, 6.07) is 6.59. The Bertz CT molecular complexity index is 649. The number of aryl methyl sites for hydroxylation is 1. The minimum absolute atomic E-state index is 0.0165. The molecule has 1 N–H and O–H groups in total. The van der Waals surface area contributed by atoms with E-state index in [1.54, 1.807) is 0 Å². The smallest absolute Gasteiger partial charge is 0.229 e. The van der Waals surface area contributed by atoms with Gasteiger partial charge in [-0.3, -0.25) is 9.59 Å². The summed E-state index contributed by atoms with van der Waals surface area (Å²) in [5.74, 6) is -0.0162. The van der Waals surface area contributed by atoms with Crippen LogP contribution in [0.15, 0.2) is 18.2 Å². The third-order valence-electron chi connectivity index (χ3n) is 5.95. The van der Waals surface area contributed by atoms with E-state index in [0.717, 1.165) is 31.4 Å². The maximum Gasteiger partial charge on any atom is 0.229 e. The van der Waals surface area contributed by atoms with E-state index in [-0.39, 0.29) is 17.7 Å². The molecule has 24 heavy (non-hydrogen) atoms. The normalized spacial score (nSPS) is 24.2. The first kappa shape index (κ1) is 15.7. The molecule has 2 amide bonds. The van der Waals surface area contributed by atoms with Crippen molar-refractivity contribution in [2.75, 3.05) is 11.9 Å². The first-order chi connectivity index (χ1) is 11.7. The molecule has 1 atom stereocenters. The predicted molar refractivity (Wildman–Crippen MR) is 93.8 cm³/mol. The highest BCUT2D eigenvalue weighted by atomic mass is 16.2. The average Bonchev–Trinajstić information content (AvgIpc) is 3.24. The fourth-order valence-corrected chi connectivity index (χ4v) is 4.61. The highest BCUT2D eigenvalue weighted by Crippen LogP contribution is 2.31. The SMILES string of the molecule is O=C(Nc1cccc2c1CCCC2)[C@@H]1CC(=O)N(C2CCCC2)C1. The lowest BCUT2D eigenvalue weighted by Crippen LogP contribution is -2.35. The molecule has 0 bridgehead atoms. The van der Waals surface area contributed by atoms with Gasteiger partial charge in [-0.15, -0.1) is 0 Å². The highest BCUT2D eigenvalue weighted by molar-refractivity contribution is 5.97. The number of carbonyl (C=O) groups excluding carboxylic acids is 2. The van der Waals surface area contributed by atoms with Crippen LogP contribution in [-0.2, 0) is 22.4 Å². The summed E-state index contributed by atoms with van der Waals surface area (Å²) in [6.07, 6.45) is 9.58. The van der Waals surface area contributed by atoms with Crippen LogP contribution in [0.5, 0.6) is 0 Å². The minimum Gasteiger partial charge on any atom is -0.339 e. The summed E-state index contributed by atoms with van der Waals surface area (Å²) < 4.78 is 0. The molecule has 4 rings (SSSR count). The van der Waals surface area contributed by atoms with E-state index < -0.39 is 0 Å². The van der Waals surface area contributed by atoms with Gasteiger partial charge in [0.05, 0.1) is 5.92 Å². The number of benzene rings is 1. The Balaban J connectivity index is 1.44. The lowest BCUT2D eigenvalue weighted by Gasteiger charge is -2.24. The second-order valence-electron chi connectivity index (χ2n) is 7.53. The molecule has 4 nitrogen and oxygen atoms in total. The van der Waals surface area contributed by atoms with Gasteiger partial charge in [0.25, 0.3) is 0 Å². The van der Waals surface area contributed by atoms with Gasteiger partial charge < -0.3 is 10.2 Å². The quantitative estimate of drug-likeness (QED) is 0.926. The zero-order chi connectivity index (χ0) is 16.5. The molecular formula is C20H26N2O2. The Kier molecular flexibility index (Phi) is 4.30. The van der Waals surface area contributed by atoms with E-state index in [2.05, 4.69) is 11.4 Å². The van der Waals surface area contributed by atoms with Crippen molar-refractivity contribution in [1.29, 1.82) is 0 Å². The number of hydrogen-bond acceptors (Lipinski definition) is 2. The molecule has 2 aliphatic carbocycles. The number of nitrogens with zero attached hydrogens (tertiary/aromatic N) is 1. The van der Waals surface area contributed by atoms with Crippen LogP contribution in [0.4, 0.5) is 5.69 Å². The Hall–Kier alpha value is -1.84. The maximum atomic E-state index is 12.7. The van der Waals surface area contributed by atoms with Crippen LogP contribution in [-0.4, -0.2) is 29.3 Å². The van der Waals surface area contributed by atoms with Gasteiger partial charge in [0, 0.05) is 24.7 Å². The summed E-state index contributed by atoms with van der Waals surface area (Å²) in [6.45, 7) is 0.602. The van der Waals surface area contributed by atoms with Gasteiger partial charge in [0.2, 0.25) is 11.8 Å². The van der Waals surface area contributed by atoms with E-state index in [0.29, 0.717) is 19.0 Å². The van der Waals surface area contributed by atoms with Crippen LogP contribution in [0.1, 0.15) is 56.1 Å². The molecule has 0 aromatic heterocycles. The van der Waals surface area contributed by atoms with E-state index in [1.807, 2.05) is 17.0 Å². The zero-order valence-electron chi connectivity index (χ0n) is 14.2. The number of amides is 2. The number of fused-ring (bicyclic) bond motifs is 1. The summed E-state index contributed by atoms with van der Waals surface area (Å²) in [7, 11) is 0. The first-order valence-electron chi connectivity index (χ1n) is 9.43. The fourth-order valence-electron chi connectivity index (χ4n) is 4.61. The van der Waals surface area contributed by atoms with E-state index >= 15 is 0 Å². The minimum atomic E-state index is -0.197. The number of anilines is 1. The van der Waals surface area contributed by atoms with Gasteiger partial charge in [-0.25, -0.2) is 0 Å². The second kappa shape index (κ2) is 6.58. The molecule has 2 fully saturated rings. The Labute approximate surface area is 143 Å². The summed E-state index contributed by atoms with van der Waals surface area (Å²) >= 11 is 0. The van der Waals surface area contributed by atoms with Crippen molar-refractivity contribution >= 4 is 17.5 Å². The lowest BCUT2D eigenvalue weighted by molar-refractivity contribution is -0.129. The Morgan fingerprint density at radius 1 is 1.08 bits per heavy atom. The molecule has 1 saturated heterocycles. The monoisotopic (exact) mass is 326 g/mol. The summed E-state index contributed by atoms with van der Waals surface area (Å²) in [5, 5.41) is 3.13. The van der Waals surface area contributed by atoms with Gasteiger partial charge in [0.15, 0.2) is 0 Å². The van der Waals surface area contributed by atoms with Crippen LogP contribution < -0.4 is 5.32 Å². The average molecular weight is 326 g/mol. The molecule has 1 aliphatic heterocycles. The predicted octanol–water partition coefficient (Wildman–Crippen LogP) is 3.30. The summed E-state index contributed by atoms with van der Waals surface area (Å²) in [4.78, 5) is 27.0. The van der Waals surface area contributed by atoms with Crippen LogP contribution in [0, 0.1) is 5.92 Å². The molecule has 1 aromatic rings. The third kappa shape index (κ3) is 2.94. The van der Waals surface area contributed by atoms with Gasteiger partial charge in [-0.1, -0.05) is 25.0 Å². The number of hydrogen-bond donors (Lipinski definition) is 1. The molecule has 1 heterocycles. The van der Waals surface area contributed by atoms with Crippen molar-refractivity contribution in [3.63, 3.8) is 0 Å². The van der Waals surface area contributed by atoms with Gasteiger partial charge in [-0.05, 0) is 55.7 Å². The number of likely N-dealkylation sites (tertiary alicyclic amines) is 1. The largest absolute Gasteiger partial charge is 0.339 e. The molecule has 0 radical (unpaired) electrons. The van der Waals surface area contributed by atoms with Crippen molar-refractivity contribution in [1.82, 2.24) is 4.90 Å². The topological polar surface area (TPSA) is 49.4 Å². The Morgan fingerprint density at radius 3 is 2.71 bits per heavy atom. The van der Waals surface area contributed by atoms with Crippen molar-refractivity contribution in [3.8, 4) is 0 Å². The van der Waals surface area contributed by atoms with Crippen molar-refractivity contribution in [2.24, 2.45) is 5.92 Å². The number of rotatable bonds is 3. The van der Waals surface area contributed by atoms with Gasteiger partial charge in [-0.2, -0.15) is 0 Å². The van der Waals surface area contributed by atoms with Crippen molar-refractivity contribution in [3.05, 3.63) is 29.3 Å². The van der Waals surface area contributed by atoms with Gasteiger partial charge in [0.1, 0.15) is 0 Å². The lowest BCUT2D eigenvalue weighted by atomic mass is 9.90. The second-order valence-corrected chi connectivity index (χ2v) is 7.53. The van der Waals surface area contributed by atoms with Crippen LogP contribution >= 0.6 is 0 Å². The first-order valence-corrected chi connectivity index (χ1v) is 9.43. The van der Waals surface area contributed by atoms with Crippen LogP contribution in [0.25, 0.3) is 0 Å². The molecule has 0 unspecified atom stereocenters. The molecule has 128 valence electrons. The molecule has 0 spiro atoms. The van der Waals surface area contributed by atoms with Gasteiger partial charge >= 0.3 is 0 Å². The standard InChI is InChI=1S/C20H26N2O2/c23-19-12-15(13-22(19)16-8-2-3-9-16)20(24)21-18-11-5-7-14-6-1-4-10-17(14)18/h5,7,11,15-16H,1-4,6,8-10,12-13H2,(H,21,24)/t15-/m1/s1. The zero-order valence-corrected chi connectivity index (χ0v) is 14.2. The fraction of sp³-hybridized carbons (Fsp3) is 0.600. The Morgan fingerprint density at radius 2 is 1.88 bits per heavy atom. The van der Waals surface area contributed by atoms with Crippen LogP contribution in [0.2, 0.25) is 0 Å². The third-order valence-corrected chi connectivity index (χ3v) is 5.95. The number of nitrogens with one attached hydrogen (secondary N) is 1. The highest BCUT2D eigenvalue weighted by Gasteiger charge is 2.38. The molecule has 1 aromatic carbocycles. The van der Waals surface area contributed by atoms with E-state index in [9.17, 15) is 9.59 Å². The maximum absolute atomic E-state index is 12.7. The van der Waals surface area contributed by atoms with Crippen molar-refractivity contribution in [2.45, 2.75) is 63.8 Å². The summed E-state index contributed by atoms with van der Waals surface area (Å²) in [5.41, 5.74) is 3.63. The van der Waals surface area contributed by atoms with Crippen LogP contribution in [0.3, 0.4) is 0 Å². The molecular weight excluding hydrogens is 300 g/mol. The molecule has 3 aliphatic rings. The van der Waals surface area contributed by atoms with E-state index in [4.69, 9.17) is 0 Å². The van der Waals surface area contributed by atoms with E-state index in [1.165, 1.54) is 36.8 Å². The number of carbonyl (C=O) groups is 2. The molecule has 1 saturated carbocycles.